The highest BCUT2D eigenvalue weighted by Crippen LogP contribution is 2.18. The molecule has 0 unspecified atom stereocenters. The molecule has 0 radical (unpaired) electrons. The summed E-state index contributed by atoms with van der Waals surface area (Å²) < 4.78 is 30.1. The molecule has 1 saturated heterocycles. The molecule has 0 spiro atoms. The lowest BCUT2D eigenvalue weighted by molar-refractivity contribution is -0.136. The van der Waals surface area contributed by atoms with Crippen LogP contribution >= 0.6 is 0 Å². The second-order valence-corrected chi connectivity index (χ2v) is 8.84. The minimum atomic E-state index is -3.10. The highest BCUT2D eigenvalue weighted by atomic mass is 32.2. The molecule has 0 N–H and O–H groups in total. The summed E-state index contributed by atoms with van der Waals surface area (Å²) in [7, 11) is -3.10. The number of esters is 1. The van der Waals surface area contributed by atoms with E-state index in [1.807, 2.05) is 6.92 Å². The van der Waals surface area contributed by atoms with Crippen molar-refractivity contribution in [2.24, 2.45) is 0 Å². The maximum atomic E-state index is 12.5. The second kappa shape index (κ2) is 8.51. The first kappa shape index (κ1) is 20.0. The summed E-state index contributed by atoms with van der Waals surface area (Å²) in [6.45, 7) is 1.93. The zero-order valence-electron chi connectivity index (χ0n) is 15.5. The zero-order chi connectivity index (χ0) is 20.1. The van der Waals surface area contributed by atoms with Crippen LogP contribution in [0.5, 0.6) is 0 Å². The van der Waals surface area contributed by atoms with Gasteiger partial charge >= 0.3 is 5.97 Å². The number of rotatable bonds is 7. The molecule has 0 saturated carbocycles. The number of carbonyl (C=O) groups is 2. The average molecular weight is 406 g/mol. The Hall–Kier alpha value is -2.75. The Morgan fingerprint density at radius 2 is 2.04 bits per heavy atom. The van der Waals surface area contributed by atoms with Crippen molar-refractivity contribution < 1.29 is 22.7 Å². The number of hydrogen-bond donors (Lipinski definition) is 0. The molecule has 1 aromatic carbocycles. The van der Waals surface area contributed by atoms with Crippen LogP contribution in [0.2, 0.25) is 0 Å². The third-order valence-electron chi connectivity index (χ3n) is 4.55. The molecule has 28 heavy (non-hydrogen) atoms. The number of benzene rings is 1. The molecule has 2 heterocycles. The highest BCUT2D eigenvalue weighted by molar-refractivity contribution is 7.91. The normalized spacial score (nSPS) is 18.0. The minimum absolute atomic E-state index is 0.0313. The molecular weight excluding hydrogens is 384 g/mol. The van der Waals surface area contributed by atoms with Gasteiger partial charge in [0.2, 0.25) is 0 Å². The van der Waals surface area contributed by atoms with Gasteiger partial charge in [-0.05, 0) is 37.1 Å². The highest BCUT2D eigenvalue weighted by Gasteiger charge is 2.34. The molecule has 1 aliphatic heterocycles. The van der Waals surface area contributed by atoms with Gasteiger partial charge in [0.1, 0.15) is 12.7 Å². The number of hydrogen-bond acceptors (Lipinski definition) is 7. The summed E-state index contributed by atoms with van der Waals surface area (Å²) in [4.78, 5) is 30.1. The van der Waals surface area contributed by atoms with Gasteiger partial charge in [-0.3, -0.25) is 4.79 Å². The zero-order valence-corrected chi connectivity index (χ0v) is 16.3. The number of aromatic nitrogens is 3. The van der Waals surface area contributed by atoms with E-state index in [-0.39, 0.29) is 23.5 Å². The van der Waals surface area contributed by atoms with Crippen LogP contribution in [0.3, 0.4) is 0 Å². The number of sulfone groups is 1. The van der Waals surface area contributed by atoms with Gasteiger partial charge in [-0.2, -0.15) is 5.10 Å². The van der Waals surface area contributed by atoms with Crippen LogP contribution in [-0.2, 0) is 19.4 Å². The lowest BCUT2D eigenvalue weighted by atomic mass is 10.2. The van der Waals surface area contributed by atoms with Crippen molar-refractivity contribution in [3.63, 3.8) is 0 Å². The Morgan fingerprint density at radius 3 is 2.61 bits per heavy atom. The van der Waals surface area contributed by atoms with Crippen molar-refractivity contribution in [3.8, 4) is 5.69 Å². The van der Waals surface area contributed by atoms with Crippen molar-refractivity contribution >= 4 is 21.7 Å². The van der Waals surface area contributed by atoms with Gasteiger partial charge in [0.25, 0.3) is 5.91 Å². The predicted octanol–water partition coefficient (Wildman–Crippen LogP) is 0.850. The molecule has 0 bridgehead atoms. The third-order valence-corrected chi connectivity index (χ3v) is 6.30. The molecular formula is C18H22N4O5S. The molecule has 0 aliphatic carbocycles. The van der Waals surface area contributed by atoms with E-state index in [0.717, 1.165) is 5.69 Å². The molecule has 1 fully saturated rings. The van der Waals surface area contributed by atoms with E-state index in [1.165, 1.54) is 17.6 Å². The molecule has 9 nitrogen and oxygen atoms in total. The summed E-state index contributed by atoms with van der Waals surface area (Å²) >= 11 is 0. The van der Waals surface area contributed by atoms with Gasteiger partial charge in [0.15, 0.2) is 16.4 Å². The summed E-state index contributed by atoms with van der Waals surface area (Å²) in [5, 5.41) is 4.00. The summed E-state index contributed by atoms with van der Waals surface area (Å²) in [6.07, 6.45) is 4.06. The van der Waals surface area contributed by atoms with Gasteiger partial charge in [0, 0.05) is 12.6 Å². The van der Waals surface area contributed by atoms with Gasteiger partial charge in [-0.25, -0.2) is 22.9 Å². The van der Waals surface area contributed by atoms with Crippen molar-refractivity contribution in [3.05, 3.63) is 42.5 Å². The fourth-order valence-corrected chi connectivity index (χ4v) is 4.89. The molecule has 150 valence electrons. The predicted molar refractivity (Wildman–Crippen MR) is 101 cm³/mol. The first-order valence-electron chi connectivity index (χ1n) is 9.01. The molecule has 1 aliphatic rings. The third kappa shape index (κ3) is 4.75. The van der Waals surface area contributed by atoms with Crippen molar-refractivity contribution in [2.45, 2.75) is 25.8 Å². The van der Waals surface area contributed by atoms with Crippen LogP contribution in [0.4, 0.5) is 0 Å². The maximum Gasteiger partial charge on any atom is 0.338 e. The SMILES string of the molecule is CCCN(C(=O)COC(=O)c1ccc(-n2cncn2)cc1)[C@@H]1CCS(=O)(=O)C1. The summed E-state index contributed by atoms with van der Waals surface area (Å²) in [5.74, 6) is -0.940. The number of nitrogens with zero attached hydrogens (tertiary/aromatic N) is 4. The number of amides is 1. The van der Waals surface area contributed by atoms with Crippen LogP contribution in [-0.4, -0.2) is 70.7 Å². The Bertz CT molecular complexity index is 925. The van der Waals surface area contributed by atoms with Crippen LogP contribution < -0.4 is 0 Å². The van der Waals surface area contributed by atoms with Crippen LogP contribution in [0.15, 0.2) is 36.9 Å². The molecule has 2 aromatic rings. The largest absolute Gasteiger partial charge is 0.452 e. The monoisotopic (exact) mass is 406 g/mol. The Morgan fingerprint density at radius 1 is 1.29 bits per heavy atom. The quantitative estimate of drug-likeness (QED) is 0.627. The lowest BCUT2D eigenvalue weighted by Crippen LogP contribution is -2.43. The van der Waals surface area contributed by atoms with Crippen LogP contribution in [0, 0.1) is 0 Å². The van der Waals surface area contributed by atoms with Crippen LogP contribution in [0.25, 0.3) is 5.69 Å². The Kier molecular flexibility index (Phi) is 6.08. The van der Waals surface area contributed by atoms with Crippen molar-refractivity contribution in [1.29, 1.82) is 0 Å². The minimum Gasteiger partial charge on any atom is -0.452 e. The van der Waals surface area contributed by atoms with Gasteiger partial charge in [-0.1, -0.05) is 6.92 Å². The summed E-state index contributed by atoms with van der Waals surface area (Å²) in [6, 6.07) is 6.20. The molecule has 1 amide bonds. The van der Waals surface area contributed by atoms with Crippen molar-refractivity contribution in [1.82, 2.24) is 19.7 Å². The maximum absolute atomic E-state index is 12.5. The van der Waals surface area contributed by atoms with E-state index in [0.29, 0.717) is 24.9 Å². The fourth-order valence-electron chi connectivity index (χ4n) is 3.16. The lowest BCUT2D eigenvalue weighted by Gasteiger charge is -2.27. The van der Waals surface area contributed by atoms with E-state index in [4.69, 9.17) is 4.74 Å². The molecule has 1 atom stereocenters. The standard InChI is InChI=1S/C18H22N4O5S/c1-2-8-21(16-7-9-28(25,26)11-16)17(23)10-27-18(24)14-3-5-15(6-4-14)22-13-19-12-20-22/h3-6,12-13,16H,2,7-11H2,1H3/t16-/m1/s1. The number of carbonyl (C=O) groups excluding carboxylic acids is 2. The van der Waals surface area contributed by atoms with Gasteiger partial charge in [-0.15, -0.1) is 0 Å². The van der Waals surface area contributed by atoms with Gasteiger partial charge < -0.3 is 9.64 Å². The fraction of sp³-hybridized carbons (Fsp3) is 0.444. The molecule has 1 aromatic heterocycles. The molecule has 10 heteroatoms. The van der Waals surface area contributed by atoms with E-state index < -0.39 is 22.4 Å². The average Bonchev–Trinajstić information content (AvgIpc) is 3.33. The first-order valence-corrected chi connectivity index (χ1v) is 10.8. The van der Waals surface area contributed by atoms with Gasteiger partial charge in [0.05, 0.1) is 22.8 Å². The van der Waals surface area contributed by atoms with E-state index >= 15 is 0 Å². The van der Waals surface area contributed by atoms with E-state index in [9.17, 15) is 18.0 Å². The smallest absolute Gasteiger partial charge is 0.338 e. The van der Waals surface area contributed by atoms with Crippen LogP contribution in [0.1, 0.15) is 30.1 Å². The topological polar surface area (TPSA) is 111 Å². The first-order chi connectivity index (χ1) is 13.4. The van der Waals surface area contributed by atoms with E-state index in [2.05, 4.69) is 10.1 Å². The second-order valence-electron chi connectivity index (χ2n) is 6.61. The van der Waals surface area contributed by atoms with Crippen molar-refractivity contribution in [2.75, 3.05) is 24.7 Å². The Balaban J connectivity index is 1.58. The van der Waals surface area contributed by atoms with E-state index in [1.54, 1.807) is 28.9 Å². The number of ether oxygens (including phenoxy) is 1. The Labute approximate surface area is 163 Å². The molecule has 3 rings (SSSR count). The summed E-state index contributed by atoms with van der Waals surface area (Å²) in [5.41, 5.74) is 1.05.